The highest BCUT2D eigenvalue weighted by atomic mass is 32.2. The maximum absolute atomic E-state index is 2.21. The van der Waals surface area contributed by atoms with E-state index in [9.17, 15) is 0 Å². The molecule has 62 valence electrons. The Morgan fingerprint density at radius 1 is 1.33 bits per heavy atom. The molecule has 1 aliphatic heterocycles. The van der Waals surface area contributed by atoms with Crippen molar-refractivity contribution < 1.29 is 0 Å². The molecule has 0 fully saturated rings. The molecule has 0 unspecified atom stereocenters. The molecule has 0 atom stereocenters. The van der Waals surface area contributed by atoms with Gasteiger partial charge in [0.2, 0.25) is 0 Å². The van der Waals surface area contributed by atoms with Crippen molar-refractivity contribution in [1.82, 2.24) is 0 Å². The summed E-state index contributed by atoms with van der Waals surface area (Å²) in [7, 11) is 2.08. The summed E-state index contributed by atoms with van der Waals surface area (Å²) in [5, 5.41) is 2.11. The van der Waals surface area contributed by atoms with E-state index in [-0.39, 0.29) is 0 Å². The number of thioether (sulfide) groups is 1. The van der Waals surface area contributed by atoms with Crippen molar-refractivity contribution in [3.8, 4) is 0 Å². The largest absolute Gasteiger partial charge is 0.350 e. The molecule has 1 aromatic carbocycles. The number of aryl methyl sites for hydroxylation is 1. The minimum absolute atomic E-state index is 1.31. The maximum atomic E-state index is 2.21. The smallest absolute Gasteiger partial charge is 0.0547 e. The molecule has 2 heteroatoms. The number of benzene rings is 1. The van der Waals surface area contributed by atoms with Crippen LogP contribution in [0.3, 0.4) is 0 Å². The molecule has 0 bridgehead atoms. The van der Waals surface area contributed by atoms with Crippen molar-refractivity contribution >= 4 is 17.4 Å². The van der Waals surface area contributed by atoms with E-state index in [1.807, 2.05) is 0 Å². The second-order valence-electron chi connectivity index (χ2n) is 2.99. The molecule has 0 N–H and O–H groups in total. The number of fused-ring (bicyclic) bond motifs is 1. The predicted molar refractivity (Wildman–Crippen MR) is 54.6 cm³/mol. The summed E-state index contributed by atoms with van der Waals surface area (Å²) in [6.07, 6.45) is 2.09. The van der Waals surface area contributed by atoms with Gasteiger partial charge < -0.3 is 4.90 Å². The standard InChI is InChI=1S/C10H11NS/c1-8-3-4-10-9(7-8)11(2)5-6-12-10/h3-7H,1-2H3. The average Bonchev–Trinajstić information content (AvgIpc) is 2.07. The van der Waals surface area contributed by atoms with Gasteiger partial charge in [-0.05, 0) is 30.0 Å². The number of rotatable bonds is 0. The van der Waals surface area contributed by atoms with Gasteiger partial charge in [-0.1, -0.05) is 17.8 Å². The molecule has 0 saturated heterocycles. The summed E-state index contributed by atoms with van der Waals surface area (Å²) in [6, 6.07) is 6.54. The minimum atomic E-state index is 1.31. The first kappa shape index (κ1) is 7.74. The first-order valence-electron chi connectivity index (χ1n) is 3.94. The summed E-state index contributed by atoms with van der Waals surface area (Å²) in [6.45, 7) is 2.12. The lowest BCUT2D eigenvalue weighted by Gasteiger charge is -2.21. The summed E-state index contributed by atoms with van der Waals surface area (Å²) in [5.41, 5.74) is 2.62. The SMILES string of the molecule is Cc1ccc2c(c1)N(C)C=CS2. The first-order valence-corrected chi connectivity index (χ1v) is 4.82. The molecule has 2 rings (SSSR count). The van der Waals surface area contributed by atoms with E-state index in [0.29, 0.717) is 0 Å². The fraction of sp³-hybridized carbons (Fsp3) is 0.200. The van der Waals surface area contributed by atoms with Gasteiger partial charge >= 0.3 is 0 Å². The molecule has 0 spiro atoms. The Labute approximate surface area is 77.1 Å². The van der Waals surface area contributed by atoms with Gasteiger partial charge in [0.15, 0.2) is 0 Å². The van der Waals surface area contributed by atoms with Crippen molar-refractivity contribution in [2.75, 3.05) is 11.9 Å². The third kappa shape index (κ3) is 1.23. The van der Waals surface area contributed by atoms with Crippen LogP contribution in [0, 0.1) is 6.92 Å². The number of nitrogens with zero attached hydrogens (tertiary/aromatic N) is 1. The lowest BCUT2D eigenvalue weighted by molar-refractivity contribution is 1.15. The van der Waals surface area contributed by atoms with Crippen LogP contribution in [-0.4, -0.2) is 7.05 Å². The zero-order chi connectivity index (χ0) is 8.55. The fourth-order valence-corrected chi connectivity index (χ4v) is 2.14. The fourth-order valence-electron chi connectivity index (χ4n) is 1.28. The van der Waals surface area contributed by atoms with Gasteiger partial charge in [-0.3, -0.25) is 0 Å². The zero-order valence-electron chi connectivity index (χ0n) is 7.24. The van der Waals surface area contributed by atoms with Gasteiger partial charge in [0.25, 0.3) is 0 Å². The number of hydrogen-bond donors (Lipinski definition) is 0. The number of anilines is 1. The predicted octanol–water partition coefficient (Wildman–Crippen LogP) is 3.01. The van der Waals surface area contributed by atoms with E-state index in [0.717, 1.165) is 0 Å². The van der Waals surface area contributed by atoms with Crippen molar-refractivity contribution in [2.24, 2.45) is 0 Å². The lowest BCUT2D eigenvalue weighted by Crippen LogP contribution is -2.10. The minimum Gasteiger partial charge on any atom is -0.350 e. The van der Waals surface area contributed by atoms with Gasteiger partial charge in [-0.25, -0.2) is 0 Å². The maximum Gasteiger partial charge on any atom is 0.0547 e. The van der Waals surface area contributed by atoms with E-state index in [4.69, 9.17) is 0 Å². The second-order valence-corrected chi connectivity index (χ2v) is 3.93. The molecule has 0 aromatic heterocycles. The molecule has 1 heterocycles. The molecule has 0 radical (unpaired) electrons. The van der Waals surface area contributed by atoms with Crippen LogP contribution in [0.2, 0.25) is 0 Å². The highest BCUT2D eigenvalue weighted by molar-refractivity contribution is 8.02. The van der Waals surface area contributed by atoms with Crippen molar-refractivity contribution in [2.45, 2.75) is 11.8 Å². The Balaban J connectivity index is 2.52. The van der Waals surface area contributed by atoms with E-state index in [1.165, 1.54) is 16.1 Å². The lowest BCUT2D eigenvalue weighted by atomic mass is 10.2. The molecule has 12 heavy (non-hydrogen) atoms. The topological polar surface area (TPSA) is 3.24 Å². The van der Waals surface area contributed by atoms with Crippen LogP contribution in [0.4, 0.5) is 5.69 Å². The Morgan fingerprint density at radius 3 is 3.00 bits per heavy atom. The monoisotopic (exact) mass is 177 g/mol. The zero-order valence-corrected chi connectivity index (χ0v) is 8.06. The van der Waals surface area contributed by atoms with Gasteiger partial charge in [-0.15, -0.1) is 0 Å². The van der Waals surface area contributed by atoms with Crippen molar-refractivity contribution in [3.63, 3.8) is 0 Å². The van der Waals surface area contributed by atoms with Gasteiger partial charge in [0.05, 0.1) is 5.69 Å². The van der Waals surface area contributed by atoms with E-state index in [2.05, 4.69) is 48.7 Å². The number of hydrogen-bond acceptors (Lipinski definition) is 2. The third-order valence-electron chi connectivity index (χ3n) is 1.97. The molecule has 0 amide bonds. The van der Waals surface area contributed by atoms with Crippen LogP contribution in [0.15, 0.2) is 34.7 Å². The highest BCUT2D eigenvalue weighted by Crippen LogP contribution is 2.34. The summed E-state index contributed by atoms with van der Waals surface area (Å²) >= 11 is 1.78. The van der Waals surface area contributed by atoms with E-state index >= 15 is 0 Å². The third-order valence-corrected chi connectivity index (χ3v) is 2.83. The summed E-state index contributed by atoms with van der Waals surface area (Å²) in [4.78, 5) is 3.49. The Morgan fingerprint density at radius 2 is 2.17 bits per heavy atom. The van der Waals surface area contributed by atoms with Crippen LogP contribution < -0.4 is 4.90 Å². The van der Waals surface area contributed by atoms with Gasteiger partial charge in [0.1, 0.15) is 0 Å². The summed E-state index contributed by atoms with van der Waals surface area (Å²) < 4.78 is 0. The normalized spacial score (nSPS) is 14.7. The van der Waals surface area contributed by atoms with Crippen molar-refractivity contribution in [3.05, 3.63) is 35.4 Å². The average molecular weight is 177 g/mol. The van der Waals surface area contributed by atoms with Gasteiger partial charge in [-0.2, -0.15) is 0 Å². The summed E-state index contributed by atoms with van der Waals surface area (Å²) in [5.74, 6) is 0. The van der Waals surface area contributed by atoms with Crippen LogP contribution in [0.5, 0.6) is 0 Å². The van der Waals surface area contributed by atoms with Crippen LogP contribution in [0.1, 0.15) is 5.56 Å². The van der Waals surface area contributed by atoms with Crippen LogP contribution in [-0.2, 0) is 0 Å². The second kappa shape index (κ2) is 2.87. The molecule has 1 nitrogen and oxygen atoms in total. The van der Waals surface area contributed by atoms with Gasteiger partial charge in [0, 0.05) is 18.1 Å². The molecule has 1 aromatic rings. The van der Waals surface area contributed by atoms with Crippen LogP contribution >= 0.6 is 11.8 Å². The molecule has 0 aliphatic carbocycles. The Kier molecular flexibility index (Phi) is 1.85. The molecule has 1 aliphatic rings. The molecular weight excluding hydrogens is 166 g/mol. The van der Waals surface area contributed by atoms with E-state index in [1.54, 1.807) is 11.8 Å². The quantitative estimate of drug-likeness (QED) is 0.599. The Hall–Kier alpha value is -0.890. The first-order chi connectivity index (χ1) is 5.77. The van der Waals surface area contributed by atoms with E-state index < -0.39 is 0 Å². The van der Waals surface area contributed by atoms with Crippen molar-refractivity contribution in [1.29, 1.82) is 0 Å². The molecule has 0 saturated carbocycles. The highest BCUT2D eigenvalue weighted by Gasteiger charge is 2.08. The molecular formula is C10H11NS. The Bertz CT molecular complexity index is 331. The van der Waals surface area contributed by atoms with Crippen LogP contribution in [0.25, 0.3) is 0 Å².